The number of benzene rings is 2. The molecule has 1 aliphatic heterocycles. The molecule has 2 atom stereocenters. The van der Waals surface area contributed by atoms with Crippen LogP contribution in [0.4, 0.5) is 0 Å². The number of aromatic nitrogens is 5. The molecule has 0 unspecified atom stereocenters. The van der Waals surface area contributed by atoms with Crippen LogP contribution in [0.25, 0.3) is 10.9 Å². The van der Waals surface area contributed by atoms with Crippen LogP contribution in [-0.4, -0.2) is 49.9 Å². The summed E-state index contributed by atoms with van der Waals surface area (Å²) in [6.07, 6.45) is 3.96. The highest BCUT2D eigenvalue weighted by molar-refractivity contribution is 5.81. The van der Waals surface area contributed by atoms with Gasteiger partial charge in [0.15, 0.2) is 5.82 Å². The van der Waals surface area contributed by atoms with E-state index in [0.717, 1.165) is 65.9 Å². The molecule has 1 aliphatic rings. The lowest BCUT2D eigenvalue weighted by Gasteiger charge is -2.31. The van der Waals surface area contributed by atoms with E-state index in [0.29, 0.717) is 25.2 Å². The summed E-state index contributed by atoms with van der Waals surface area (Å²) in [5.41, 5.74) is 3.60. The number of hydrogen-bond donors (Lipinski definition) is 1. The molecule has 1 fully saturated rings. The maximum atomic E-state index is 13.3. The van der Waals surface area contributed by atoms with Crippen LogP contribution in [-0.2, 0) is 24.4 Å². The molecule has 9 heteroatoms. The third-order valence-electron chi connectivity index (χ3n) is 7.37. The Morgan fingerprint density at radius 2 is 2.03 bits per heavy atom. The van der Waals surface area contributed by atoms with E-state index in [1.54, 1.807) is 7.11 Å². The quantitative estimate of drug-likeness (QED) is 0.312. The zero-order valence-corrected chi connectivity index (χ0v) is 22.4. The summed E-state index contributed by atoms with van der Waals surface area (Å²) >= 11 is 0. The topological polar surface area (TPSA) is 98.2 Å². The van der Waals surface area contributed by atoms with Crippen molar-refractivity contribution in [2.75, 3.05) is 13.7 Å². The second kappa shape index (κ2) is 11.9. The molecule has 1 saturated heterocycles. The number of ether oxygens (including phenoxy) is 2. The summed E-state index contributed by atoms with van der Waals surface area (Å²) in [5, 5.41) is 13.9. The first-order chi connectivity index (χ1) is 18.6. The van der Waals surface area contributed by atoms with E-state index in [-0.39, 0.29) is 17.7 Å². The number of methoxy groups -OCH3 is 1. The molecule has 9 nitrogen and oxygen atoms in total. The van der Waals surface area contributed by atoms with E-state index in [4.69, 9.17) is 9.47 Å². The molecular weight excluding hydrogens is 480 g/mol. The number of tetrazole rings is 1. The number of hydrogen-bond acceptors (Lipinski definition) is 7. The standard InChI is InChI=1S/C29H36N6O3/c1-4-9-25(28-31-32-33-35(28)19-24-13-8-15-38-24)34(17-22-11-5-6-14-26(22)37-3)18-23-16-21-12-7-10-20(2)27(21)30-29(23)36/h5-7,10-12,14,16,24-25H,4,8-9,13,15,17-19H2,1-3H3,(H,30,36)/t24-,25+/m0/s1. The van der Waals surface area contributed by atoms with Gasteiger partial charge in [0.1, 0.15) is 5.75 Å². The molecule has 2 aromatic heterocycles. The van der Waals surface area contributed by atoms with E-state index < -0.39 is 0 Å². The molecular formula is C29H36N6O3. The van der Waals surface area contributed by atoms with Crippen LogP contribution in [0, 0.1) is 6.92 Å². The van der Waals surface area contributed by atoms with Gasteiger partial charge < -0.3 is 14.5 Å². The van der Waals surface area contributed by atoms with Crippen molar-refractivity contribution in [1.82, 2.24) is 30.1 Å². The Hall–Kier alpha value is -3.56. The summed E-state index contributed by atoms with van der Waals surface area (Å²) in [6.45, 7) is 6.60. The second-order valence-corrected chi connectivity index (χ2v) is 10.0. The Balaban J connectivity index is 1.54. The SMILES string of the molecule is CCC[C@H](c1nnnn1C[C@@H]1CCCO1)N(Cc1ccccc1OC)Cc1cc2cccc(C)c2[nH]c1=O. The number of para-hydroxylation sites is 2. The Labute approximate surface area is 222 Å². The van der Waals surface area contributed by atoms with Gasteiger partial charge in [-0.2, -0.15) is 0 Å². The highest BCUT2D eigenvalue weighted by atomic mass is 16.5. The minimum absolute atomic E-state index is 0.0778. The zero-order valence-electron chi connectivity index (χ0n) is 22.4. The number of aryl methyl sites for hydroxylation is 1. The Morgan fingerprint density at radius 1 is 1.18 bits per heavy atom. The molecule has 0 amide bonds. The Bertz CT molecular complexity index is 1430. The van der Waals surface area contributed by atoms with Gasteiger partial charge in [0.25, 0.3) is 5.56 Å². The maximum Gasteiger partial charge on any atom is 0.252 e. The zero-order chi connectivity index (χ0) is 26.5. The third-order valence-corrected chi connectivity index (χ3v) is 7.37. The van der Waals surface area contributed by atoms with Gasteiger partial charge in [0, 0.05) is 30.8 Å². The average molecular weight is 517 g/mol. The van der Waals surface area contributed by atoms with Gasteiger partial charge in [-0.05, 0) is 59.7 Å². The van der Waals surface area contributed by atoms with Crippen molar-refractivity contribution >= 4 is 10.9 Å². The highest BCUT2D eigenvalue weighted by Crippen LogP contribution is 2.31. The van der Waals surface area contributed by atoms with E-state index in [2.05, 4.69) is 38.4 Å². The number of aromatic amines is 1. The predicted molar refractivity (Wildman–Crippen MR) is 146 cm³/mol. The molecule has 2 aromatic carbocycles. The van der Waals surface area contributed by atoms with Gasteiger partial charge in [-0.3, -0.25) is 9.69 Å². The minimum Gasteiger partial charge on any atom is -0.496 e. The summed E-state index contributed by atoms with van der Waals surface area (Å²) in [7, 11) is 1.69. The number of pyridine rings is 1. The molecule has 3 heterocycles. The summed E-state index contributed by atoms with van der Waals surface area (Å²) in [4.78, 5) is 18.7. The highest BCUT2D eigenvalue weighted by Gasteiger charge is 2.29. The molecule has 0 aliphatic carbocycles. The lowest BCUT2D eigenvalue weighted by molar-refractivity contribution is 0.0884. The van der Waals surface area contributed by atoms with Gasteiger partial charge in [-0.15, -0.1) is 5.10 Å². The van der Waals surface area contributed by atoms with Crippen molar-refractivity contribution in [3.63, 3.8) is 0 Å². The van der Waals surface area contributed by atoms with E-state index in [1.807, 2.05) is 54.1 Å². The molecule has 0 spiro atoms. The number of nitrogens with zero attached hydrogens (tertiary/aromatic N) is 5. The molecule has 200 valence electrons. The third kappa shape index (κ3) is 5.63. The van der Waals surface area contributed by atoms with Crippen LogP contribution < -0.4 is 10.3 Å². The second-order valence-electron chi connectivity index (χ2n) is 10.0. The summed E-state index contributed by atoms with van der Waals surface area (Å²) in [6, 6.07) is 16.0. The fourth-order valence-corrected chi connectivity index (χ4v) is 5.40. The Kier molecular flexibility index (Phi) is 8.14. The van der Waals surface area contributed by atoms with Crippen LogP contribution >= 0.6 is 0 Å². The molecule has 0 radical (unpaired) electrons. The van der Waals surface area contributed by atoms with Gasteiger partial charge in [-0.25, -0.2) is 4.68 Å². The van der Waals surface area contributed by atoms with Gasteiger partial charge in [0.05, 0.1) is 31.3 Å². The van der Waals surface area contributed by atoms with Crippen molar-refractivity contribution in [3.05, 3.63) is 81.4 Å². The summed E-state index contributed by atoms with van der Waals surface area (Å²) < 4.78 is 13.4. The lowest BCUT2D eigenvalue weighted by Crippen LogP contribution is -2.33. The van der Waals surface area contributed by atoms with Gasteiger partial charge >= 0.3 is 0 Å². The van der Waals surface area contributed by atoms with Crippen LogP contribution in [0.15, 0.2) is 53.3 Å². The van der Waals surface area contributed by atoms with E-state index in [9.17, 15) is 4.79 Å². The van der Waals surface area contributed by atoms with Crippen molar-refractivity contribution in [2.24, 2.45) is 0 Å². The maximum absolute atomic E-state index is 13.3. The predicted octanol–water partition coefficient (Wildman–Crippen LogP) is 4.55. The van der Waals surface area contributed by atoms with Crippen LogP contribution in [0.5, 0.6) is 5.75 Å². The van der Waals surface area contributed by atoms with Gasteiger partial charge in [-0.1, -0.05) is 49.7 Å². The fraction of sp³-hybridized carbons (Fsp3) is 0.448. The van der Waals surface area contributed by atoms with Crippen molar-refractivity contribution < 1.29 is 9.47 Å². The van der Waals surface area contributed by atoms with Crippen LogP contribution in [0.3, 0.4) is 0 Å². The fourth-order valence-electron chi connectivity index (χ4n) is 5.40. The molecule has 38 heavy (non-hydrogen) atoms. The first-order valence-electron chi connectivity index (χ1n) is 13.4. The molecule has 0 bridgehead atoms. The molecule has 5 rings (SSSR count). The van der Waals surface area contributed by atoms with Crippen LogP contribution in [0.1, 0.15) is 61.2 Å². The van der Waals surface area contributed by atoms with Crippen molar-refractivity contribution in [1.29, 1.82) is 0 Å². The Morgan fingerprint density at radius 3 is 2.82 bits per heavy atom. The van der Waals surface area contributed by atoms with Crippen molar-refractivity contribution in [2.45, 2.75) is 71.3 Å². The van der Waals surface area contributed by atoms with E-state index in [1.165, 1.54) is 0 Å². The normalized spacial score (nSPS) is 16.4. The minimum atomic E-state index is -0.103. The number of nitrogens with one attached hydrogen (secondary N) is 1. The molecule has 1 N–H and O–H groups in total. The van der Waals surface area contributed by atoms with E-state index >= 15 is 0 Å². The largest absolute Gasteiger partial charge is 0.496 e. The average Bonchev–Trinajstić information content (AvgIpc) is 3.61. The molecule has 0 saturated carbocycles. The van der Waals surface area contributed by atoms with Gasteiger partial charge in [0.2, 0.25) is 0 Å². The first-order valence-corrected chi connectivity index (χ1v) is 13.4. The smallest absolute Gasteiger partial charge is 0.252 e. The van der Waals surface area contributed by atoms with Crippen LogP contribution in [0.2, 0.25) is 0 Å². The summed E-state index contributed by atoms with van der Waals surface area (Å²) in [5.74, 6) is 1.61. The number of fused-ring (bicyclic) bond motifs is 1. The van der Waals surface area contributed by atoms with Crippen molar-refractivity contribution in [3.8, 4) is 5.75 Å². The number of rotatable bonds is 11. The monoisotopic (exact) mass is 516 g/mol. The first kappa shape index (κ1) is 26.1. The number of H-pyrrole nitrogens is 1. The lowest BCUT2D eigenvalue weighted by atomic mass is 10.0. The molecule has 4 aromatic rings.